The maximum atomic E-state index is 13.8. The smallest absolute Gasteiger partial charge is 0.266 e. The lowest BCUT2D eigenvalue weighted by molar-refractivity contribution is 0.0507. The molecule has 9 rings (SSSR count). The number of benzene rings is 7. The van der Waals surface area contributed by atoms with Crippen molar-refractivity contribution in [3.63, 3.8) is 0 Å². The van der Waals surface area contributed by atoms with Crippen molar-refractivity contribution >= 4 is 41.1 Å². The van der Waals surface area contributed by atoms with Crippen LogP contribution in [0.3, 0.4) is 0 Å². The van der Waals surface area contributed by atoms with Crippen molar-refractivity contribution in [3.8, 4) is 46.0 Å². The van der Waals surface area contributed by atoms with E-state index in [4.69, 9.17) is 18.9 Å². The van der Waals surface area contributed by atoms with Crippen molar-refractivity contribution in [2.75, 3.05) is 4.90 Å². The zero-order chi connectivity index (χ0) is 45.6. The molecule has 7 aromatic rings. The van der Waals surface area contributed by atoms with Gasteiger partial charge in [-0.25, -0.2) is 4.90 Å². The van der Waals surface area contributed by atoms with Crippen LogP contribution in [0.4, 0.5) is 5.69 Å². The summed E-state index contributed by atoms with van der Waals surface area (Å²) in [7, 11) is 0. The first-order valence-corrected chi connectivity index (χ1v) is 21.8. The van der Waals surface area contributed by atoms with E-state index in [0.717, 1.165) is 26.0 Å². The quantitative estimate of drug-likeness (QED) is 0.117. The third-order valence-corrected chi connectivity index (χ3v) is 11.8. The molecule has 2 aliphatic heterocycles. The van der Waals surface area contributed by atoms with Crippen LogP contribution >= 0.6 is 11.8 Å². The number of ether oxygens (including phenoxy) is 4. The summed E-state index contributed by atoms with van der Waals surface area (Å²) in [5, 5.41) is 0. The molecule has 0 saturated heterocycles. The maximum Gasteiger partial charge on any atom is 0.266 e. The van der Waals surface area contributed by atoms with Crippen molar-refractivity contribution in [3.05, 3.63) is 186 Å². The van der Waals surface area contributed by atoms with Gasteiger partial charge in [0.05, 0.1) is 27.9 Å². The number of hydrogen-bond donors (Lipinski definition) is 0. The molecule has 324 valence electrons. The van der Waals surface area contributed by atoms with Gasteiger partial charge in [0.1, 0.15) is 46.0 Å². The number of rotatable bonds is 11. The highest BCUT2D eigenvalue weighted by molar-refractivity contribution is 7.99. The first kappa shape index (κ1) is 42.7. The van der Waals surface area contributed by atoms with Crippen LogP contribution in [0.2, 0.25) is 0 Å². The SMILES string of the molecule is CC(C)(C)c1cccc(Oc2cccc(Oc3cccc(N4C(=O)c5ccc(Oc6ccc(Sc7ccc(Oc8ccc9c(c8)C(=O)N(C(C)(C)C)C9=O)cc7)cc6)cc5C4=O)c3)c2)c1. The van der Waals surface area contributed by atoms with Crippen LogP contribution in [0, 0.1) is 0 Å². The van der Waals surface area contributed by atoms with Crippen LogP contribution in [0.25, 0.3) is 0 Å². The van der Waals surface area contributed by atoms with Gasteiger partial charge in [0.2, 0.25) is 0 Å². The molecule has 0 spiro atoms. The number of imide groups is 2. The average molecular weight is 881 g/mol. The Bertz CT molecular complexity index is 3020. The molecule has 0 aliphatic carbocycles. The molecule has 2 aliphatic rings. The Morgan fingerprint density at radius 3 is 1.32 bits per heavy atom. The fourth-order valence-corrected chi connectivity index (χ4v) is 8.37. The number of nitrogens with zero attached hydrogens (tertiary/aromatic N) is 2. The second kappa shape index (κ2) is 16.8. The molecule has 0 bridgehead atoms. The molecule has 0 saturated carbocycles. The lowest BCUT2D eigenvalue weighted by atomic mass is 9.87. The molecule has 10 nitrogen and oxygen atoms in total. The summed E-state index contributed by atoms with van der Waals surface area (Å²) in [6, 6.07) is 47.1. The Morgan fingerprint density at radius 2 is 0.785 bits per heavy atom. The van der Waals surface area contributed by atoms with Gasteiger partial charge in [-0.05, 0) is 153 Å². The van der Waals surface area contributed by atoms with Gasteiger partial charge in [0, 0.05) is 27.5 Å². The first-order valence-electron chi connectivity index (χ1n) is 21.0. The van der Waals surface area contributed by atoms with E-state index in [-0.39, 0.29) is 28.4 Å². The van der Waals surface area contributed by atoms with Crippen molar-refractivity contribution in [1.82, 2.24) is 4.90 Å². The molecule has 2 heterocycles. The van der Waals surface area contributed by atoms with Gasteiger partial charge in [0.15, 0.2) is 0 Å². The third kappa shape index (κ3) is 8.96. The molecule has 7 aromatic carbocycles. The monoisotopic (exact) mass is 880 g/mol. The summed E-state index contributed by atoms with van der Waals surface area (Å²) in [6.45, 7) is 12.0. The Balaban J connectivity index is 0.811. The van der Waals surface area contributed by atoms with Crippen LogP contribution in [0.5, 0.6) is 46.0 Å². The lowest BCUT2D eigenvalue weighted by Crippen LogP contribution is -2.45. The predicted octanol–water partition coefficient (Wildman–Crippen LogP) is 13.5. The van der Waals surface area contributed by atoms with Gasteiger partial charge in [-0.1, -0.05) is 56.8 Å². The van der Waals surface area contributed by atoms with E-state index in [0.29, 0.717) is 57.1 Å². The number of fused-ring (bicyclic) bond motifs is 2. The van der Waals surface area contributed by atoms with E-state index in [9.17, 15) is 19.2 Å². The standard InChI is InChI=1S/C54H44N2O8S/c1-53(2,3)33-10-7-12-37(28-33)63-39-14-9-15-40(30-39)64-38-13-8-11-34(29-38)55-49(57)45-26-20-41(31-47(45)50(55)58)61-35-16-22-43(23-17-35)65-44-24-18-36(19-25-44)62-42-21-27-46-48(32-42)52(60)56(51(46)59)54(4,5)6/h7-32H,1-6H3. The van der Waals surface area contributed by atoms with E-state index in [2.05, 4.69) is 26.8 Å². The van der Waals surface area contributed by atoms with Crippen molar-refractivity contribution in [2.24, 2.45) is 0 Å². The summed E-state index contributed by atoms with van der Waals surface area (Å²) in [5.74, 6) is 2.80. The molecular formula is C54H44N2O8S. The summed E-state index contributed by atoms with van der Waals surface area (Å²) in [4.78, 5) is 57.6. The number of carbonyl (C=O) groups excluding carboxylic acids is 4. The van der Waals surface area contributed by atoms with Crippen molar-refractivity contribution in [1.29, 1.82) is 0 Å². The minimum absolute atomic E-state index is 0.0196. The second-order valence-corrected chi connectivity index (χ2v) is 18.8. The molecule has 0 radical (unpaired) electrons. The van der Waals surface area contributed by atoms with E-state index >= 15 is 0 Å². The minimum atomic E-state index is -0.633. The fourth-order valence-electron chi connectivity index (χ4n) is 7.56. The van der Waals surface area contributed by atoms with Gasteiger partial charge in [0.25, 0.3) is 23.6 Å². The van der Waals surface area contributed by atoms with Gasteiger partial charge in [-0.15, -0.1) is 0 Å². The summed E-state index contributed by atoms with van der Waals surface area (Å²) >= 11 is 1.55. The van der Waals surface area contributed by atoms with Crippen LogP contribution in [-0.2, 0) is 5.41 Å². The Kier molecular flexibility index (Phi) is 11.0. The highest BCUT2D eigenvalue weighted by Gasteiger charge is 2.42. The highest BCUT2D eigenvalue weighted by atomic mass is 32.2. The summed E-state index contributed by atoms with van der Waals surface area (Å²) < 4.78 is 24.5. The Labute approximate surface area is 381 Å². The molecule has 0 atom stereocenters. The Hall–Kier alpha value is -7.63. The first-order chi connectivity index (χ1) is 31.1. The van der Waals surface area contributed by atoms with Gasteiger partial charge in [-0.2, -0.15) is 0 Å². The number of amides is 4. The van der Waals surface area contributed by atoms with Crippen molar-refractivity contribution < 1.29 is 38.1 Å². The minimum Gasteiger partial charge on any atom is -0.457 e. The van der Waals surface area contributed by atoms with E-state index < -0.39 is 17.4 Å². The van der Waals surface area contributed by atoms with Crippen molar-refractivity contribution in [2.45, 2.75) is 62.3 Å². The predicted molar refractivity (Wildman–Crippen MR) is 250 cm³/mol. The largest absolute Gasteiger partial charge is 0.457 e. The maximum absolute atomic E-state index is 13.8. The fraction of sp³-hybridized carbons (Fsp3) is 0.148. The van der Waals surface area contributed by atoms with Gasteiger partial charge < -0.3 is 18.9 Å². The van der Waals surface area contributed by atoms with E-state index in [1.807, 2.05) is 106 Å². The number of carbonyl (C=O) groups is 4. The molecule has 4 amide bonds. The number of hydrogen-bond acceptors (Lipinski definition) is 9. The third-order valence-electron chi connectivity index (χ3n) is 10.8. The molecule has 0 fully saturated rings. The zero-order valence-corrected chi connectivity index (χ0v) is 37.4. The molecule has 0 aromatic heterocycles. The Morgan fingerprint density at radius 1 is 0.385 bits per heavy atom. The molecule has 0 N–H and O–H groups in total. The molecule has 11 heteroatoms. The average Bonchev–Trinajstić information content (AvgIpc) is 3.68. The summed E-state index contributed by atoms with van der Waals surface area (Å²) in [6.07, 6.45) is 0. The second-order valence-electron chi connectivity index (χ2n) is 17.7. The van der Waals surface area contributed by atoms with E-state index in [1.165, 1.54) is 4.90 Å². The molecular weight excluding hydrogens is 837 g/mol. The summed E-state index contributed by atoms with van der Waals surface area (Å²) in [5.41, 5.74) is 2.12. The number of anilines is 1. The lowest BCUT2D eigenvalue weighted by Gasteiger charge is -2.29. The van der Waals surface area contributed by atoms with Crippen LogP contribution in [-0.4, -0.2) is 34.1 Å². The van der Waals surface area contributed by atoms with Crippen LogP contribution < -0.4 is 23.8 Å². The zero-order valence-electron chi connectivity index (χ0n) is 36.6. The van der Waals surface area contributed by atoms with Gasteiger partial charge >= 0.3 is 0 Å². The molecule has 0 unspecified atom stereocenters. The molecule has 65 heavy (non-hydrogen) atoms. The van der Waals surface area contributed by atoms with Gasteiger partial charge in [-0.3, -0.25) is 24.1 Å². The van der Waals surface area contributed by atoms with E-state index in [1.54, 1.807) is 78.5 Å². The highest BCUT2D eigenvalue weighted by Crippen LogP contribution is 2.38. The van der Waals surface area contributed by atoms with Crippen LogP contribution in [0.15, 0.2) is 168 Å². The topological polar surface area (TPSA) is 112 Å². The normalized spacial score (nSPS) is 13.5. The van der Waals surface area contributed by atoms with Crippen LogP contribution in [0.1, 0.15) is 88.5 Å².